The van der Waals surface area contributed by atoms with Crippen molar-refractivity contribution in [1.29, 1.82) is 0 Å². The molecule has 1 aromatic heterocycles. The van der Waals surface area contributed by atoms with Crippen LogP contribution in [0.5, 0.6) is 0 Å². The Kier molecular flexibility index (Phi) is 20.1. The summed E-state index contributed by atoms with van der Waals surface area (Å²) >= 11 is 0. The Hall–Kier alpha value is -3.75. The minimum atomic E-state index is -4.45. The summed E-state index contributed by atoms with van der Waals surface area (Å²) in [5.74, 6) is -0.542. The van der Waals surface area contributed by atoms with E-state index in [-0.39, 0.29) is 26.1 Å². The van der Waals surface area contributed by atoms with Crippen LogP contribution in [0.2, 0.25) is 0 Å². The predicted molar refractivity (Wildman–Crippen MR) is 211 cm³/mol. The van der Waals surface area contributed by atoms with E-state index in [0.717, 1.165) is 17.0 Å². The third-order valence-electron chi connectivity index (χ3n) is 9.08. The van der Waals surface area contributed by atoms with Crippen LogP contribution in [0, 0.1) is 12.8 Å². The first-order chi connectivity index (χ1) is 26.0. The van der Waals surface area contributed by atoms with Crippen molar-refractivity contribution in [3.8, 4) is 0 Å². The molecule has 15 heteroatoms. The highest BCUT2D eigenvalue weighted by atomic mass is 31.2. The smallest absolute Gasteiger partial charge is 0.348 e. The monoisotopic (exact) mass is 788 g/mol. The van der Waals surface area contributed by atoms with Gasteiger partial charge in [-0.25, -0.2) is 15.0 Å². The summed E-state index contributed by atoms with van der Waals surface area (Å²) in [6.45, 7) is 13.9. The van der Waals surface area contributed by atoms with Crippen LogP contribution in [0.3, 0.4) is 0 Å². The van der Waals surface area contributed by atoms with E-state index < -0.39 is 67.8 Å². The number of hydrogen-bond donors (Lipinski definition) is 4. The van der Waals surface area contributed by atoms with E-state index in [1.807, 2.05) is 12.1 Å². The summed E-state index contributed by atoms with van der Waals surface area (Å²) in [5, 5.41) is 28.5. The average molecular weight is 789 g/mol. The second kappa shape index (κ2) is 23.3. The SMILES string of the molecule is CCC(C)C.CCOC(=O)[C@H](Cc1ccccc1)NP(=O)(N[C@@H](Cc1ccccc1)C(=O)OCC)OCC(OC)C(O)[C@](C)(O)C(C)n1ccc(C)nc1=O. The zero-order valence-corrected chi connectivity index (χ0v) is 34.5. The van der Waals surface area contributed by atoms with Crippen molar-refractivity contribution in [3.05, 3.63) is 100 Å². The molecule has 0 fully saturated rings. The second-order valence-electron chi connectivity index (χ2n) is 13.8. The Morgan fingerprint density at radius 1 is 0.873 bits per heavy atom. The number of benzene rings is 2. The number of esters is 2. The molecular formula is C40H61N4O10P. The Bertz CT molecular complexity index is 1620. The molecule has 14 nitrogen and oxygen atoms in total. The van der Waals surface area contributed by atoms with Gasteiger partial charge in [-0.1, -0.05) is 87.9 Å². The van der Waals surface area contributed by atoms with Crippen molar-refractivity contribution >= 4 is 19.6 Å². The molecule has 0 saturated carbocycles. The lowest BCUT2D eigenvalue weighted by Gasteiger charge is -2.39. The fraction of sp³-hybridized carbons (Fsp3) is 0.550. The third-order valence-corrected chi connectivity index (χ3v) is 10.9. The Labute approximate surface area is 325 Å². The van der Waals surface area contributed by atoms with Crippen LogP contribution in [-0.4, -0.2) is 88.5 Å². The average Bonchev–Trinajstić information content (AvgIpc) is 3.15. The van der Waals surface area contributed by atoms with Crippen LogP contribution in [-0.2, 0) is 45.7 Å². The number of hydrogen-bond acceptors (Lipinski definition) is 11. The first-order valence-corrected chi connectivity index (χ1v) is 20.3. The third kappa shape index (κ3) is 15.4. The van der Waals surface area contributed by atoms with E-state index in [0.29, 0.717) is 5.69 Å². The van der Waals surface area contributed by atoms with Gasteiger partial charge in [0.05, 0.1) is 25.9 Å². The minimum Gasteiger partial charge on any atom is -0.465 e. The molecule has 0 amide bonds. The molecule has 3 unspecified atom stereocenters. The molecule has 55 heavy (non-hydrogen) atoms. The second-order valence-corrected chi connectivity index (χ2v) is 15.7. The van der Waals surface area contributed by atoms with Crippen molar-refractivity contribution in [3.63, 3.8) is 0 Å². The van der Waals surface area contributed by atoms with Crippen LogP contribution < -0.4 is 15.9 Å². The van der Waals surface area contributed by atoms with Gasteiger partial charge in [0.2, 0.25) is 0 Å². The molecule has 3 rings (SSSR count). The summed E-state index contributed by atoms with van der Waals surface area (Å²) in [4.78, 5) is 42.9. The predicted octanol–water partition coefficient (Wildman–Crippen LogP) is 4.94. The molecule has 0 aliphatic heterocycles. The van der Waals surface area contributed by atoms with Crippen molar-refractivity contribution in [2.24, 2.45) is 5.92 Å². The van der Waals surface area contributed by atoms with Crippen LogP contribution in [0.25, 0.3) is 0 Å². The number of rotatable bonds is 21. The maximum Gasteiger partial charge on any atom is 0.348 e. The summed E-state index contributed by atoms with van der Waals surface area (Å²) in [5.41, 5.74) is -0.671. The zero-order chi connectivity index (χ0) is 41.2. The summed E-state index contributed by atoms with van der Waals surface area (Å²) < 4.78 is 38.1. The van der Waals surface area contributed by atoms with Crippen molar-refractivity contribution in [2.45, 2.75) is 111 Å². The molecule has 0 aliphatic rings. The van der Waals surface area contributed by atoms with Gasteiger partial charge in [-0.3, -0.25) is 18.7 Å². The van der Waals surface area contributed by atoms with Gasteiger partial charge in [0.15, 0.2) is 0 Å². The Morgan fingerprint density at radius 2 is 1.33 bits per heavy atom. The normalized spacial score (nSPS) is 15.4. The van der Waals surface area contributed by atoms with Gasteiger partial charge in [0.1, 0.15) is 29.9 Å². The highest BCUT2D eigenvalue weighted by Gasteiger charge is 2.44. The number of aromatic nitrogens is 2. The molecule has 0 spiro atoms. The van der Waals surface area contributed by atoms with Crippen molar-refractivity contribution in [2.75, 3.05) is 26.9 Å². The van der Waals surface area contributed by atoms with Gasteiger partial charge in [-0.2, -0.15) is 4.98 Å². The molecule has 4 N–H and O–H groups in total. The number of nitrogens with one attached hydrogen (secondary N) is 2. The van der Waals surface area contributed by atoms with Gasteiger partial charge in [-0.15, -0.1) is 0 Å². The molecule has 1 heterocycles. The summed E-state index contributed by atoms with van der Waals surface area (Å²) in [7, 11) is -3.19. The molecule has 0 aliphatic carbocycles. The van der Waals surface area contributed by atoms with E-state index in [9.17, 15) is 29.2 Å². The van der Waals surface area contributed by atoms with Gasteiger partial charge < -0.3 is 28.9 Å². The molecular weight excluding hydrogens is 727 g/mol. The number of methoxy groups -OCH3 is 1. The van der Waals surface area contributed by atoms with Gasteiger partial charge in [0.25, 0.3) is 0 Å². The summed E-state index contributed by atoms with van der Waals surface area (Å²) in [6.07, 6.45) is -0.136. The number of carbonyl (C=O) groups excluding carboxylic acids is 2. The molecule has 0 bridgehead atoms. The highest BCUT2D eigenvalue weighted by molar-refractivity contribution is 7.54. The first kappa shape index (κ1) is 47.4. The minimum absolute atomic E-state index is 0.0502. The highest BCUT2D eigenvalue weighted by Crippen LogP contribution is 2.41. The molecule has 0 radical (unpaired) electrons. The van der Waals surface area contributed by atoms with E-state index in [1.165, 1.54) is 38.1 Å². The van der Waals surface area contributed by atoms with E-state index in [2.05, 4.69) is 35.9 Å². The number of aliphatic hydroxyl groups is 2. The Morgan fingerprint density at radius 3 is 1.71 bits per heavy atom. The zero-order valence-electron chi connectivity index (χ0n) is 33.6. The van der Waals surface area contributed by atoms with E-state index in [1.54, 1.807) is 75.4 Å². The number of aliphatic hydroxyl groups excluding tert-OH is 1. The topological polar surface area (TPSA) is 188 Å². The van der Waals surface area contributed by atoms with Crippen molar-refractivity contribution in [1.82, 2.24) is 19.7 Å². The fourth-order valence-electron chi connectivity index (χ4n) is 5.23. The lowest BCUT2D eigenvalue weighted by molar-refractivity contribution is -0.152. The fourth-order valence-corrected chi connectivity index (χ4v) is 7.03. The molecule has 306 valence electrons. The first-order valence-electron chi connectivity index (χ1n) is 18.7. The lowest BCUT2D eigenvalue weighted by atomic mass is 9.88. The number of aryl methyl sites for hydroxylation is 1. The van der Waals surface area contributed by atoms with Gasteiger partial charge >= 0.3 is 25.3 Å². The van der Waals surface area contributed by atoms with Crippen molar-refractivity contribution < 1.29 is 43.1 Å². The van der Waals surface area contributed by atoms with Crippen LogP contribution >= 0.6 is 7.67 Å². The number of ether oxygens (including phenoxy) is 3. The standard InChI is InChI=1S/C35H49N4O10P.C5H12/c1-7-47-32(41)28(21-26-15-11-9-12-16-26)37-50(45,38-29(33(42)48-8-2)22-27-17-13-10-14-18-27)49-23-30(46-6)31(40)35(5,44)25(4)39-20-19-24(3)36-34(39)43;1-4-5(2)3/h9-20,25,28-31,40,44H,7-8,21-23H2,1-6H3,(H2,37,38,45);5H,4H2,1-3H3/t25?,28-,29-,30?,31?,35+;/m0./s1. The quantitative estimate of drug-likeness (QED) is 0.0841. The maximum absolute atomic E-state index is 14.8. The Balaban J connectivity index is 0.00000196. The molecule has 3 aromatic rings. The lowest BCUT2D eigenvalue weighted by Crippen LogP contribution is -2.55. The van der Waals surface area contributed by atoms with Gasteiger partial charge in [-0.05, 0) is 70.6 Å². The summed E-state index contributed by atoms with van der Waals surface area (Å²) in [6, 6.07) is 16.2. The maximum atomic E-state index is 14.8. The van der Waals surface area contributed by atoms with E-state index in [4.69, 9.17) is 18.7 Å². The van der Waals surface area contributed by atoms with E-state index >= 15 is 0 Å². The van der Waals surface area contributed by atoms with Crippen LogP contribution in [0.4, 0.5) is 0 Å². The molecule has 0 saturated heterocycles. The van der Waals surface area contributed by atoms with Crippen LogP contribution in [0.1, 0.15) is 77.7 Å². The number of nitrogens with zero attached hydrogens (tertiary/aromatic N) is 2. The van der Waals surface area contributed by atoms with Gasteiger partial charge in [0, 0.05) is 19.0 Å². The molecule has 6 atom stereocenters. The molecule has 2 aromatic carbocycles. The van der Waals surface area contributed by atoms with Crippen LogP contribution in [0.15, 0.2) is 77.7 Å². The largest absolute Gasteiger partial charge is 0.465 e. The number of carbonyl (C=O) groups is 2.